The van der Waals surface area contributed by atoms with Crippen LogP contribution in [0.25, 0.3) is 0 Å². The Morgan fingerprint density at radius 3 is 2.36 bits per heavy atom. The molecule has 0 fully saturated rings. The van der Waals surface area contributed by atoms with Crippen LogP contribution >= 0.6 is 0 Å². The summed E-state index contributed by atoms with van der Waals surface area (Å²) >= 11 is 0. The number of allylic oxidation sites excluding steroid dienone is 2. The van der Waals surface area contributed by atoms with Crippen LogP contribution < -0.4 is 0 Å². The third-order valence-electron chi connectivity index (χ3n) is 3.04. The van der Waals surface area contributed by atoms with Gasteiger partial charge >= 0.3 is 5.97 Å². The van der Waals surface area contributed by atoms with E-state index < -0.39 is 18.4 Å². The molecule has 2 N–H and O–H groups in total. The highest BCUT2D eigenvalue weighted by atomic mass is 16.5. The van der Waals surface area contributed by atoms with Crippen LogP contribution in [0.2, 0.25) is 0 Å². The Labute approximate surface area is 130 Å². The van der Waals surface area contributed by atoms with E-state index in [-0.39, 0.29) is 23.0 Å². The molecule has 0 saturated heterocycles. The molecule has 0 heterocycles. The van der Waals surface area contributed by atoms with Gasteiger partial charge in [0.15, 0.2) is 6.61 Å². The van der Waals surface area contributed by atoms with E-state index in [0.29, 0.717) is 12.0 Å². The molecule has 0 aliphatic carbocycles. The van der Waals surface area contributed by atoms with Crippen molar-refractivity contribution in [2.75, 3.05) is 6.61 Å². The number of hydrogen-bond donors (Lipinski definition) is 2. The molecule has 5 heteroatoms. The van der Waals surface area contributed by atoms with E-state index in [4.69, 9.17) is 4.74 Å². The maximum absolute atomic E-state index is 12.1. The Kier molecular flexibility index (Phi) is 6.16. The zero-order valence-corrected chi connectivity index (χ0v) is 13.3. The quantitative estimate of drug-likeness (QED) is 0.479. The summed E-state index contributed by atoms with van der Waals surface area (Å²) < 4.78 is 4.87. The van der Waals surface area contributed by atoms with Gasteiger partial charge in [-0.3, -0.25) is 9.59 Å². The monoisotopic (exact) mass is 306 g/mol. The summed E-state index contributed by atoms with van der Waals surface area (Å²) in [7, 11) is 0. The van der Waals surface area contributed by atoms with E-state index in [1.165, 1.54) is 6.07 Å². The van der Waals surface area contributed by atoms with Crippen LogP contribution in [-0.4, -0.2) is 28.6 Å². The maximum atomic E-state index is 12.1. The predicted octanol–water partition coefficient (Wildman–Crippen LogP) is 2.99. The first-order chi connectivity index (χ1) is 10.2. The molecule has 0 amide bonds. The second-order valence-corrected chi connectivity index (χ2v) is 5.67. The zero-order chi connectivity index (χ0) is 16.9. The molecule has 1 aromatic carbocycles. The summed E-state index contributed by atoms with van der Waals surface area (Å²) in [6.07, 6.45) is 2.35. The number of carbonyl (C=O) groups excluding carboxylic acids is 2. The lowest BCUT2D eigenvalue weighted by Gasteiger charge is -2.10. The fourth-order valence-corrected chi connectivity index (χ4v) is 1.70. The Morgan fingerprint density at radius 2 is 1.82 bits per heavy atom. The van der Waals surface area contributed by atoms with E-state index in [2.05, 4.69) is 0 Å². The zero-order valence-electron chi connectivity index (χ0n) is 13.3. The fraction of sp³-hybridized carbons (Fsp3) is 0.412. The highest BCUT2D eigenvalue weighted by molar-refractivity contribution is 6.00. The normalized spacial score (nSPS) is 10.4. The van der Waals surface area contributed by atoms with Gasteiger partial charge in [0, 0.05) is 6.07 Å². The number of esters is 1. The fourth-order valence-electron chi connectivity index (χ4n) is 1.70. The number of phenolic OH excluding ortho intramolecular Hbond substituents is 2. The van der Waals surface area contributed by atoms with Gasteiger partial charge in [-0.15, -0.1) is 0 Å². The summed E-state index contributed by atoms with van der Waals surface area (Å²) in [4.78, 5) is 23.4. The van der Waals surface area contributed by atoms with Crippen molar-refractivity contribution in [3.05, 3.63) is 34.9 Å². The summed E-state index contributed by atoms with van der Waals surface area (Å²) in [6.45, 7) is 6.76. The molecular weight excluding hydrogens is 284 g/mol. The van der Waals surface area contributed by atoms with Crippen molar-refractivity contribution in [3.63, 3.8) is 0 Å². The second-order valence-electron chi connectivity index (χ2n) is 5.67. The van der Waals surface area contributed by atoms with Crippen molar-refractivity contribution >= 4 is 11.8 Å². The van der Waals surface area contributed by atoms with Crippen LogP contribution in [0, 0.1) is 5.92 Å². The van der Waals surface area contributed by atoms with Crippen LogP contribution in [0.1, 0.15) is 43.6 Å². The van der Waals surface area contributed by atoms with Crippen molar-refractivity contribution in [3.8, 4) is 11.5 Å². The molecule has 0 atom stereocenters. The summed E-state index contributed by atoms with van der Waals surface area (Å²) in [6, 6.07) is 2.56. The molecule has 120 valence electrons. The van der Waals surface area contributed by atoms with Gasteiger partial charge in [0.2, 0.25) is 5.78 Å². The summed E-state index contributed by atoms with van der Waals surface area (Å²) in [5, 5.41) is 19.6. The number of ether oxygens (including phenoxy) is 1. The number of Topliss-reactive ketones (excluding diaryl/α,β-unsaturated/α-hetero) is 1. The van der Waals surface area contributed by atoms with E-state index >= 15 is 0 Å². The first-order valence-corrected chi connectivity index (χ1v) is 7.10. The molecule has 22 heavy (non-hydrogen) atoms. The van der Waals surface area contributed by atoms with Crippen molar-refractivity contribution < 1.29 is 24.5 Å². The third-order valence-corrected chi connectivity index (χ3v) is 3.04. The van der Waals surface area contributed by atoms with Crippen LogP contribution in [0.3, 0.4) is 0 Å². The third kappa shape index (κ3) is 4.91. The van der Waals surface area contributed by atoms with Crippen molar-refractivity contribution in [1.82, 2.24) is 0 Å². The van der Waals surface area contributed by atoms with Gasteiger partial charge < -0.3 is 14.9 Å². The highest BCUT2D eigenvalue weighted by Crippen LogP contribution is 2.28. The molecular formula is C17H22O5. The molecule has 5 nitrogen and oxygen atoms in total. The number of ketones is 1. The van der Waals surface area contributed by atoms with Gasteiger partial charge in [0.1, 0.15) is 11.5 Å². The van der Waals surface area contributed by atoms with Crippen LogP contribution in [0.15, 0.2) is 23.8 Å². The molecule has 1 rings (SSSR count). The lowest BCUT2D eigenvalue weighted by molar-refractivity contribution is -0.146. The van der Waals surface area contributed by atoms with Gasteiger partial charge in [0.25, 0.3) is 0 Å². The molecule has 0 radical (unpaired) electrons. The first-order valence-electron chi connectivity index (χ1n) is 7.10. The minimum atomic E-state index is -0.509. The van der Waals surface area contributed by atoms with E-state index in [9.17, 15) is 19.8 Å². The minimum absolute atomic E-state index is 0.0338. The Balaban J connectivity index is 2.93. The Hall–Kier alpha value is -2.30. The van der Waals surface area contributed by atoms with Gasteiger partial charge in [-0.05, 0) is 31.9 Å². The predicted molar refractivity (Wildman–Crippen MR) is 83.0 cm³/mol. The molecule has 0 aliphatic heterocycles. The van der Waals surface area contributed by atoms with Crippen molar-refractivity contribution in [2.24, 2.45) is 5.92 Å². The molecule has 0 aliphatic rings. The number of benzene rings is 1. The first kappa shape index (κ1) is 17.8. The smallest absolute Gasteiger partial charge is 0.308 e. The summed E-state index contributed by atoms with van der Waals surface area (Å²) in [5.74, 6) is -1.72. The van der Waals surface area contributed by atoms with Crippen molar-refractivity contribution in [2.45, 2.75) is 34.1 Å². The average molecular weight is 306 g/mol. The summed E-state index contributed by atoms with van der Waals surface area (Å²) in [5.41, 5.74) is 1.63. The molecule has 0 aromatic heterocycles. The minimum Gasteiger partial charge on any atom is -0.508 e. The number of hydrogen-bond acceptors (Lipinski definition) is 5. The second kappa shape index (κ2) is 7.64. The molecule has 0 saturated carbocycles. The number of aromatic hydroxyl groups is 2. The van der Waals surface area contributed by atoms with Gasteiger partial charge in [-0.1, -0.05) is 25.5 Å². The standard InChI is InChI=1S/C17H22O5/c1-10(2)5-6-12-7-13(15(19)8-14(12)18)16(20)9-22-17(21)11(3)4/h5,7-8,11,18-19H,6,9H2,1-4H3. The number of phenols is 2. The lowest BCUT2D eigenvalue weighted by Crippen LogP contribution is -2.18. The van der Waals surface area contributed by atoms with E-state index in [1.807, 2.05) is 19.9 Å². The highest BCUT2D eigenvalue weighted by Gasteiger charge is 2.17. The Morgan fingerprint density at radius 1 is 1.18 bits per heavy atom. The molecule has 1 aromatic rings. The van der Waals surface area contributed by atoms with Crippen molar-refractivity contribution in [1.29, 1.82) is 0 Å². The topological polar surface area (TPSA) is 83.8 Å². The SMILES string of the molecule is CC(C)=CCc1cc(C(=O)COC(=O)C(C)C)c(O)cc1O. The van der Waals surface area contributed by atoms with Gasteiger partial charge in [0.05, 0.1) is 11.5 Å². The van der Waals surface area contributed by atoms with Crippen LogP contribution in [0.5, 0.6) is 11.5 Å². The lowest BCUT2D eigenvalue weighted by atomic mass is 10.0. The van der Waals surface area contributed by atoms with Crippen LogP contribution in [0.4, 0.5) is 0 Å². The average Bonchev–Trinajstić information content (AvgIpc) is 2.43. The van der Waals surface area contributed by atoms with Gasteiger partial charge in [-0.25, -0.2) is 0 Å². The maximum Gasteiger partial charge on any atom is 0.308 e. The Bertz CT molecular complexity index is 595. The molecule has 0 unspecified atom stereocenters. The van der Waals surface area contributed by atoms with E-state index in [0.717, 1.165) is 11.6 Å². The van der Waals surface area contributed by atoms with E-state index in [1.54, 1.807) is 13.8 Å². The molecule has 0 spiro atoms. The van der Waals surface area contributed by atoms with Gasteiger partial charge in [-0.2, -0.15) is 0 Å². The molecule has 0 bridgehead atoms. The number of carbonyl (C=O) groups is 2. The van der Waals surface area contributed by atoms with Crippen LogP contribution in [-0.2, 0) is 16.0 Å². The largest absolute Gasteiger partial charge is 0.508 e. The number of rotatable bonds is 6.